The number of hydrogen-bond acceptors (Lipinski definition) is 1. The Morgan fingerprint density at radius 2 is 0.826 bits per heavy atom. The highest BCUT2D eigenvalue weighted by Gasteiger charge is 2.15. The van der Waals surface area contributed by atoms with Gasteiger partial charge < -0.3 is 9.13 Å². The lowest BCUT2D eigenvalue weighted by Gasteiger charge is -2.11. The van der Waals surface area contributed by atoms with E-state index in [1.54, 1.807) is 0 Å². The molecule has 9 rings (SSSR count). The molecule has 0 unspecified atom stereocenters. The summed E-state index contributed by atoms with van der Waals surface area (Å²) in [5, 5.41) is 14.4. The Morgan fingerprint density at radius 3 is 1.48 bits per heavy atom. The van der Waals surface area contributed by atoms with Crippen molar-refractivity contribution >= 4 is 43.6 Å². The first-order chi connectivity index (χ1) is 22.8. The molecule has 3 nitrogen and oxygen atoms in total. The minimum absolute atomic E-state index is 0.660. The number of aromatic nitrogens is 2. The van der Waals surface area contributed by atoms with Crippen LogP contribution in [-0.2, 0) is 0 Å². The second kappa shape index (κ2) is 10.4. The van der Waals surface area contributed by atoms with Gasteiger partial charge in [0.15, 0.2) is 0 Å². The highest BCUT2D eigenvalue weighted by atomic mass is 15.0. The van der Waals surface area contributed by atoms with Crippen LogP contribution in [0.3, 0.4) is 0 Å². The minimum atomic E-state index is 0.660. The monoisotopic (exact) mass is 585 g/mol. The summed E-state index contributed by atoms with van der Waals surface area (Å²) in [4.78, 5) is 0. The summed E-state index contributed by atoms with van der Waals surface area (Å²) in [6.45, 7) is 0. The highest BCUT2D eigenvalue weighted by Crippen LogP contribution is 2.37. The predicted molar refractivity (Wildman–Crippen MR) is 191 cm³/mol. The Labute approximate surface area is 266 Å². The zero-order valence-corrected chi connectivity index (χ0v) is 24.9. The standard InChI is InChI=1S/C43H27N3/c44-28-29-14-24-38-36-10-4-6-12-40(36)46(43(38)26-29)35-22-17-32(18-23-35)33-19-25-42-39(27-33)37-11-5-7-13-41(37)45(42)34-20-15-31(16-21-34)30-8-2-1-3-9-30/h1-27H. The maximum atomic E-state index is 9.60. The summed E-state index contributed by atoms with van der Waals surface area (Å²) in [6.07, 6.45) is 0. The number of benzene rings is 7. The van der Waals surface area contributed by atoms with Crippen molar-refractivity contribution in [3.05, 3.63) is 169 Å². The van der Waals surface area contributed by atoms with Crippen LogP contribution in [0.4, 0.5) is 0 Å². The van der Waals surface area contributed by atoms with Crippen LogP contribution in [0.5, 0.6) is 0 Å². The first kappa shape index (κ1) is 26.1. The van der Waals surface area contributed by atoms with E-state index in [-0.39, 0.29) is 0 Å². The van der Waals surface area contributed by atoms with Crippen LogP contribution in [0, 0.1) is 11.3 Å². The van der Waals surface area contributed by atoms with Gasteiger partial charge in [-0.05, 0) is 82.9 Å². The lowest BCUT2D eigenvalue weighted by atomic mass is 10.0. The molecule has 0 amide bonds. The molecule has 2 aromatic heterocycles. The predicted octanol–water partition coefficient (Wildman–Crippen LogP) is 11.1. The molecule has 0 N–H and O–H groups in total. The Morgan fingerprint density at radius 1 is 0.348 bits per heavy atom. The van der Waals surface area contributed by atoms with E-state index in [0.29, 0.717) is 5.56 Å². The average Bonchev–Trinajstić information content (AvgIpc) is 3.64. The van der Waals surface area contributed by atoms with E-state index in [0.717, 1.165) is 33.4 Å². The van der Waals surface area contributed by atoms with Crippen LogP contribution in [0.1, 0.15) is 5.56 Å². The molecule has 0 aliphatic rings. The molecule has 0 atom stereocenters. The van der Waals surface area contributed by atoms with E-state index in [1.165, 1.54) is 43.9 Å². The van der Waals surface area contributed by atoms with E-state index in [1.807, 2.05) is 12.1 Å². The van der Waals surface area contributed by atoms with Crippen LogP contribution in [-0.4, -0.2) is 9.13 Å². The number of nitrogens with zero attached hydrogens (tertiary/aromatic N) is 3. The normalized spacial score (nSPS) is 11.5. The second-order valence-corrected chi connectivity index (χ2v) is 11.7. The molecule has 0 aliphatic heterocycles. The molecule has 7 aromatic carbocycles. The van der Waals surface area contributed by atoms with Gasteiger partial charge in [-0.1, -0.05) is 103 Å². The molecule has 0 spiro atoms. The van der Waals surface area contributed by atoms with Crippen LogP contribution < -0.4 is 0 Å². The van der Waals surface area contributed by atoms with Gasteiger partial charge in [-0.25, -0.2) is 0 Å². The number of nitriles is 1. The number of hydrogen-bond donors (Lipinski definition) is 0. The van der Waals surface area contributed by atoms with E-state index in [2.05, 4.69) is 167 Å². The largest absolute Gasteiger partial charge is 0.309 e. The third kappa shape index (κ3) is 4.05. The van der Waals surface area contributed by atoms with Gasteiger partial charge in [0.25, 0.3) is 0 Å². The maximum Gasteiger partial charge on any atom is 0.0992 e. The van der Waals surface area contributed by atoms with Crippen molar-refractivity contribution in [3.8, 4) is 39.7 Å². The molecule has 46 heavy (non-hydrogen) atoms. The molecule has 0 saturated carbocycles. The summed E-state index contributed by atoms with van der Waals surface area (Å²) in [5.41, 5.74) is 12.2. The van der Waals surface area contributed by atoms with Gasteiger partial charge >= 0.3 is 0 Å². The summed E-state index contributed by atoms with van der Waals surface area (Å²) in [5.74, 6) is 0. The van der Waals surface area contributed by atoms with Crippen molar-refractivity contribution in [1.82, 2.24) is 9.13 Å². The fraction of sp³-hybridized carbons (Fsp3) is 0. The molecule has 0 radical (unpaired) electrons. The van der Waals surface area contributed by atoms with Crippen molar-refractivity contribution in [2.24, 2.45) is 0 Å². The molecule has 2 heterocycles. The minimum Gasteiger partial charge on any atom is -0.309 e. The molecular formula is C43H27N3. The topological polar surface area (TPSA) is 33.6 Å². The average molecular weight is 586 g/mol. The summed E-state index contributed by atoms with van der Waals surface area (Å²) < 4.78 is 4.62. The van der Waals surface area contributed by atoms with Crippen molar-refractivity contribution in [3.63, 3.8) is 0 Å². The molecular weight excluding hydrogens is 558 g/mol. The molecule has 9 aromatic rings. The summed E-state index contributed by atoms with van der Waals surface area (Å²) in [7, 11) is 0. The van der Waals surface area contributed by atoms with Crippen molar-refractivity contribution in [2.45, 2.75) is 0 Å². The van der Waals surface area contributed by atoms with E-state index in [4.69, 9.17) is 0 Å². The van der Waals surface area contributed by atoms with Crippen molar-refractivity contribution in [2.75, 3.05) is 0 Å². The van der Waals surface area contributed by atoms with Gasteiger partial charge in [0.1, 0.15) is 0 Å². The molecule has 0 aliphatic carbocycles. The first-order valence-electron chi connectivity index (χ1n) is 15.5. The zero-order valence-electron chi connectivity index (χ0n) is 24.9. The first-order valence-corrected chi connectivity index (χ1v) is 15.5. The van der Waals surface area contributed by atoms with Gasteiger partial charge in [-0.3, -0.25) is 0 Å². The van der Waals surface area contributed by atoms with Gasteiger partial charge in [0, 0.05) is 32.9 Å². The van der Waals surface area contributed by atoms with Crippen LogP contribution in [0.15, 0.2) is 164 Å². The van der Waals surface area contributed by atoms with Crippen LogP contribution in [0.2, 0.25) is 0 Å². The van der Waals surface area contributed by atoms with Gasteiger partial charge in [-0.2, -0.15) is 5.26 Å². The fourth-order valence-electron chi connectivity index (χ4n) is 6.99. The fourth-order valence-corrected chi connectivity index (χ4v) is 6.99. The Bertz CT molecular complexity index is 2610. The van der Waals surface area contributed by atoms with E-state index < -0.39 is 0 Å². The number of rotatable bonds is 4. The van der Waals surface area contributed by atoms with Gasteiger partial charge in [0.05, 0.1) is 33.7 Å². The van der Waals surface area contributed by atoms with Crippen LogP contribution >= 0.6 is 0 Å². The summed E-state index contributed by atoms with van der Waals surface area (Å²) in [6, 6.07) is 60.3. The Balaban J connectivity index is 1.14. The Kier molecular flexibility index (Phi) is 5.88. The smallest absolute Gasteiger partial charge is 0.0992 e. The number of para-hydroxylation sites is 2. The van der Waals surface area contributed by atoms with Gasteiger partial charge in [0.2, 0.25) is 0 Å². The number of fused-ring (bicyclic) bond motifs is 6. The summed E-state index contributed by atoms with van der Waals surface area (Å²) >= 11 is 0. The Hall–Kier alpha value is -6.37. The molecule has 0 saturated heterocycles. The third-order valence-electron chi connectivity index (χ3n) is 9.17. The third-order valence-corrected chi connectivity index (χ3v) is 9.17. The molecule has 0 bridgehead atoms. The van der Waals surface area contributed by atoms with Crippen molar-refractivity contribution in [1.29, 1.82) is 5.26 Å². The quantitative estimate of drug-likeness (QED) is 0.202. The molecule has 3 heteroatoms. The van der Waals surface area contributed by atoms with E-state index >= 15 is 0 Å². The molecule has 0 fully saturated rings. The second-order valence-electron chi connectivity index (χ2n) is 11.7. The lowest BCUT2D eigenvalue weighted by Crippen LogP contribution is -1.94. The zero-order chi connectivity index (χ0) is 30.6. The van der Waals surface area contributed by atoms with Gasteiger partial charge in [-0.15, -0.1) is 0 Å². The molecule has 214 valence electrons. The van der Waals surface area contributed by atoms with Crippen LogP contribution in [0.25, 0.3) is 77.2 Å². The maximum absolute atomic E-state index is 9.60. The van der Waals surface area contributed by atoms with Crippen molar-refractivity contribution < 1.29 is 0 Å². The lowest BCUT2D eigenvalue weighted by molar-refractivity contribution is 1.18. The van der Waals surface area contributed by atoms with E-state index in [9.17, 15) is 5.26 Å². The SMILES string of the molecule is N#Cc1ccc2c3ccccc3n(-c3ccc(-c4ccc5c(c4)c4ccccc4n5-c4ccc(-c5ccccc5)cc4)cc3)c2c1. The highest BCUT2D eigenvalue weighted by molar-refractivity contribution is 6.11.